The Labute approximate surface area is 217 Å². The van der Waals surface area contributed by atoms with Crippen molar-refractivity contribution >= 4 is 59.8 Å². The molecule has 4 heteroatoms. The summed E-state index contributed by atoms with van der Waals surface area (Å²) < 4.78 is 8.67. The topological polar surface area (TPSA) is 0 Å². The van der Waals surface area contributed by atoms with E-state index in [2.05, 4.69) is 115 Å². The van der Waals surface area contributed by atoms with Gasteiger partial charge in [0.1, 0.15) is 0 Å². The van der Waals surface area contributed by atoms with Crippen LogP contribution in [-0.4, -0.2) is 6.88 Å². The van der Waals surface area contributed by atoms with E-state index in [1.165, 1.54) is 43.8 Å². The first kappa shape index (κ1) is 25.6. The molecule has 2 aliphatic rings. The average molecular weight is 583 g/mol. The Balaban J connectivity index is 0.00000137. The first-order chi connectivity index (χ1) is 15.2. The molecular weight excluding hydrogens is 551 g/mol. The predicted molar refractivity (Wildman–Crippen MR) is 155 cm³/mol. The second-order valence-corrected chi connectivity index (χ2v) is 39.4. The Kier molecular flexibility index (Phi) is 6.48. The maximum absolute atomic E-state index is 3.47. The van der Waals surface area contributed by atoms with Crippen molar-refractivity contribution in [1.29, 1.82) is 0 Å². The van der Waals surface area contributed by atoms with Gasteiger partial charge in [0, 0.05) is 0 Å². The van der Waals surface area contributed by atoms with Crippen LogP contribution in [0.5, 0.6) is 0 Å². The van der Waals surface area contributed by atoms with Crippen LogP contribution in [0.25, 0.3) is 28.1 Å². The van der Waals surface area contributed by atoms with Crippen LogP contribution in [-0.2, 0) is 17.4 Å². The molecule has 2 atom stereocenters. The molecule has 2 unspecified atom stereocenters. The minimum absolute atomic E-state index is 0. The molecule has 2 aliphatic carbocycles. The van der Waals surface area contributed by atoms with Gasteiger partial charge in [-0.1, -0.05) is 0 Å². The SMILES string of the molecule is CC1C=[C]([Zr]([CH3])([CH3])(=[SiH2])[C]2=CC(C)c3cc4ccccc4cc32)c2cc3ccccc3cc21.Cl.Cl. The first-order valence-corrected chi connectivity index (χ1v) is 25.1. The number of hydrogen-bond acceptors (Lipinski definition) is 0. The summed E-state index contributed by atoms with van der Waals surface area (Å²) in [5.41, 5.74) is 6.06. The van der Waals surface area contributed by atoms with Crippen LogP contribution in [0.2, 0.25) is 9.26 Å². The summed E-state index contributed by atoms with van der Waals surface area (Å²) >= 11 is -3.47. The van der Waals surface area contributed by atoms with Crippen LogP contribution >= 0.6 is 24.8 Å². The van der Waals surface area contributed by atoms with Crippen molar-refractivity contribution in [2.24, 2.45) is 0 Å². The Bertz CT molecular complexity index is 1480. The molecular formula is C30H32Cl2SiZr. The van der Waals surface area contributed by atoms with Crippen molar-refractivity contribution in [2.45, 2.75) is 34.9 Å². The van der Waals surface area contributed by atoms with Gasteiger partial charge in [-0.05, 0) is 0 Å². The van der Waals surface area contributed by atoms with Crippen LogP contribution < -0.4 is 0 Å². The molecule has 0 bridgehead atoms. The van der Waals surface area contributed by atoms with Crippen molar-refractivity contribution in [3.05, 3.63) is 107 Å². The normalized spacial score (nSPS) is 19.1. The number of halogens is 2. The fourth-order valence-corrected chi connectivity index (χ4v) is 19.7. The van der Waals surface area contributed by atoms with E-state index in [9.17, 15) is 0 Å². The van der Waals surface area contributed by atoms with Crippen LogP contribution in [0.4, 0.5) is 0 Å². The zero-order valence-electron chi connectivity index (χ0n) is 20.3. The number of benzene rings is 4. The molecule has 34 heavy (non-hydrogen) atoms. The third-order valence-electron chi connectivity index (χ3n) is 7.96. The molecule has 0 radical (unpaired) electrons. The first-order valence-electron chi connectivity index (χ1n) is 11.8. The van der Waals surface area contributed by atoms with Gasteiger partial charge in [0.25, 0.3) is 0 Å². The van der Waals surface area contributed by atoms with Gasteiger partial charge in [0.2, 0.25) is 0 Å². The smallest absolute Gasteiger partial charge is 0.147 e. The zero-order valence-corrected chi connectivity index (χ0v) is 25.8. The van der Waals surface area contributed by atoms with Gasteiger partial charge in [-0.15, -0.1) is 24.8 Å². The van der Waals surface area contributed by atoms with E-state index < -0.39 is 17.4 Å². The Morgan fingerprint density at radius 2 is 0.912 bits per heavy atom. The monoisotopic (exact) mass is 580 g/mol. The van der Waals surface area contributed by atoms with Gasteiger partial charge in [-0.2, -0.15) is 0 Å². The minimum atomic E-state index is -3.47. The fourth-order valence-electron chi connectivity index (χ4n) is 6.14. The largest absolute Gasteiger partial charge is 0.147 e. The summed E-state index contributed by atoms with van der Waals surface area (Å²) in [4.78, 5) is 0. The molecule has 174 valence electrons. The predicted octanol–water partition coefficient (Wildman–Crippen LogP) is 8.79. The quantitative estimate of drug-likeness (QED) is 0.207. The molecule has 0 saturated carbocycles. The molecule has 0 heterocycles. The van der Waals surface area contributed by atoms with E-state index in [4.69, 9.17) is 0 Å². The molecule has 0 aromatic heterocycles. The molecule has 0 amide bonds. The number of hydrogen-bond donors (Lipinski definition) is 0. The van der Waals surface area contributed by atoms with Gasteiger partial charge in [0.15, 0.2) is 0 Å². The second-order valence-electron chi connectivity index (χ2n) is 11.0. The van der Waals surface area contributed by atoms with E-state index in [0.29, 0.717) is 11.8 Å². The molecule has 6 rings (SSSR count). The maximum atomic E-state index is 2.66. The van der Waals surface area contributed by atoms with Crippen LogP contribution in [0.1, 0.15) is 47.9 Å². The minimum Gasteiger partial charge on any atom is -0.147 e. The van der Waals surface area contributed by atoms with Crippen molar-refractivity contribution in [3.8, 4) is 0 Å². The summed E-state index contributed by atoms with van der Waals surface area (Å²) in [5.74, 6) is 0.968. The molecule has 4 aromatic carbocycles. The van der Waals surface area contributed by atoms with Gasteiger partial charge in [-0.3, -0.25) is 0 Å². The second kappa shape index (κ2) is 8.59. The number of allylic oxidation sites excluding steroid dienone is 2. The van der Waals surface area contributed by atoms with Crippen molar-refractivity contribution < 1.29 is 17.4 Å². The van der Waals surface area contributed by atoms with Gasteiger partial charge >= 0.3 is 195 Å². The van der Waals surface area contributed by atoms with Crippen molar-refractivity contribution in [3.63, 3.8) is 0 Å². The summed E-state index contributed by atoms with van der Waals surface area (Å²) in [7, 11) is 0. The summed E-state index contributed by atoms with van der Waals surface area (Å²) in [6.45, 7) is 7.12. The van der Waals surface area contributed by atoms with Gasteiger partial charge < -0.3 is 0 Å². The molecule has 0 aliphatic heterocycles. The summed E-state index contributed by atoms with van der Waals surface area (Å²) in [5, 5.41) is 5.44. The van der Waals surface area contributed by atoms with E-state index in [0.717, 1.165) is 0 Å². The average Bonchev–Trinajstić information content (AvgIpc) is 3.28. The molecule has 0 saturated heterocycles. The third kappa shape index (κ3) is 3.73. The molecule has 4 aromatic rings. The van der Waals surface area contributed by atoms with E-state index in [1.807, 2.05) is 0 Å². The van der Waals surface area contributed by atoms with Crippen molar-refractivity contribution in [2.75, 3.05) is 0 Å². The Morgan fingerprint density at radius 1 is 0.588 bits per heavy atom. The standard InChI is InChI=1S/2C14H11.2CH3.2ClH.H2Si.Zr/c2*1-10-6-7-13-8-11-4-2-3-5-12(11)9-14(10)13;;;;;;/h2*2-6,8-10H,1H3;2*1H3;2*1H;1H2;. The van der Waals surface area contributed by atoms with Crippen molar-refractivity contribution in [1.82, 2.24) is 0 Å². The summed E-state index contributed by atoms with van der Waals surface area (Å²) in [6.07, 6.45) is 5.23. The fraction of sp³-hybridized carbons (Fsp3) is 0.200. The molecule has 0 fully saturated rings. The molecule has 0 N–H and O–H groups in total. The van der Waals surface area contributed by atoms with E-state index in [1.54, 1.807) is 6.56 Å². The number of rotatable bonds is 2. The zero-order chi connectivity index (χ0) is 22.3. The van der Waals surface area contributed by atoms with Crippen LogP contribution in [0, 0.1) is 0 Å². The summed E-state index contributed by atoms with van der Waals surface area (Å²) in [6, 6.07) is 27.5. The molecule has 0 spiro atoms. The van der Waals surface area contributed by atoms with E-state index >= 15 is 0 Å². The van der Waals surface area contributed by atoms with Crippen LogP contribution in [0.3, 0.4) is 0 Å². The van der Waals surface area contributed by atoms with Gasteiger partial charge in [-0.25, -0.2) is 0 Å². The molecule has 0 nitrogen and oxygen atoms in total. The van der Waals surface area contributed by atoms with Crippen LogP contribution in [0.15, 0.2) is 84.9 Å². The Morgan fingerprint density at radius 3 is 1.26 bits per heavy atom. The van der Waals surface area contributed by atoms with E-state index in [-0.39, 0.29) is 24.8 Å². The van der Waals surface area contributed by atoms with Gasteiger partial charge in [0.05, 0.1) is 0 Å². The third-order valence-corrected chi connectivity index (χ3v) is 23.1. The maximum Gasteiger partial charge on any atom is -0.147 e. The Hall–Kier alpha value is -1.44. The number of fused-ring (bicyclic) bond motifs is 4.